The Labute approximate surface area is 163 Å². The van der Waals surface area contributed by atoms with Gasteiger partial charge in [0.2, 0.25) is 5.91 Å². The molecule has 3 aromatic rings. The highest BCUT2D eigenvalue weighted by Crippen LogP contribution is 2.25. The van der Waals surface area contributed by atoms with E-state index in [0.717, 1.165) is 48.0 Å². The van der Waals surface area contributed by atoms with E-state index in [1.54, 1.807) is 6.26 Å². The fourth-order valence-electron chi connectivity index (χ4n) is 3.68. The molecule has 6 heteroatoms. The van der Waals surface area contributed by atoms with Crippen LogP contribution in [0.25, 0.3) is 22.1 Å². The molecule has 6 nitrogen and oxygen atoms in total. The first-order chi connectivity index (χ1) is 13.6. The molecule has 2 amide bonds. The van der Waals surface area contributed by atoms with Crippen LogP contribution in [0.3, 0.4) is 0 Å². The second kappa shape index (κ2) is 7.86. The average molecular weight is 377 g/mol. The van der Waals surface area contributed by atoms with Crippen molar-refractivity contribution in [1.82, 2.24) is 10.2 Å². The highest BCUT2D eigenvalue weighted by atomic mass is 16.3. The third-order valence-corrected chi connectivity index (χ3v) is 5.24. The number of piperidine rings is 1. The van der Waals surface area contributed by atoms with Crippen LogP contribution in [0, 0.1) is 0 Å². The van der Waals surface area contributed by atoms with E-state index in [9.17, 15) is 9.59 Å². The topological polar surface area (TPSA) is 88.6 Å². The number of rotatable bonds is 5. The van der Waals surface area contributed by atoms with Gasteiger partial charge in [0.1, 0.15) is 5.58 Å². The Morgan fingerprint density at radius 1 is 1.04 bits per heavy atom. The molecule has 1 aromatic heterocycles. The van der Waals surface area contributed by atoms with Crippen LogP contribution in [0.1, 0.15) is 23.2 Å². The van der Waals surface area contributed by atoms with Gasteiger partial charge < -0.3 is 15.5 Å². The number of primary amides is 1. The molecular weight excluding hydrogens is 354 g/mol. The van der Waals surface area contributed by atoms with E-state index >= 15 is 0 Å². The lowest BCUT2D eigenvalue weighted by atomic mass is 10.0. The van der Waals surface area contributed by atoms with Crippen molar-refractivity contribution in [2.24, 2.45) is 5.73 Å². The Hall–Kier alpha value is -3.12. The van der Waals surface area contributed by atoms with Gasteiger partial charge in [-0.3, -0.25) is 14.5 Å². The SMILES string of the molecule is NC(=O)CN1CCC(NC(=O)c2ccc(-c3ccc4occc4c3)cc2)CC1. The minimum atomic E-state index is -0.311. The number of carbonyl (C=O) groups is 2. The van der Waals surface area contributed by atoms with E-state index in [1.165, 1.54) is 0 Å². The lowest BCUT2D eigenvalue weighted by Gasteiger charge is -2.31. The molecule has 28 heavy (non-hydrogen) atoms. The summed E-state index contributed by atoms with van der Waals surface area (Å²) in [6.07, 6.45) is 3.32. The van der Waals surface area contributed by atoms with Gasteiger partial charge in [-0.1, -0.05) is 18.2 Å². The summed E-state index contributed by atoms with van der Waals surface area (Å²) in [5.74, 6) is -0.375. The molecular formula is C22H23N3O3. The summed E-state index contributed by atoms with van der Waals surface area (Å²) in [7, 11) is 0. The number of likely N-dealkylation sites (tertiary alicyclic amines) is 1. The highest BCUT2D eigenvalue weighted by Gasteiger charge is 2.21. The summed E-state index contributed by atoms with van der Waals surface area (Å²) in [5, 5.41) is 4.15. The van der Waals surface area contributed by atoms with Gasteiger partial charge >= 0.3 is 0 Å². The van der Waals surface area contributed by atoms with Gasteiger partial charge in [0, 0.05) is 30.1 Å². The summed E-state index contributed by atoms with van der Waals surface area (Å²) >= 11 is 0. The Kier molecular flexibility index (Phi) is 5.12. The largest absolute Gasteiger partial charge is 0.464 e. The number of nitrogens with two attached hydrogens (primary N) is 1. The summed E-state index contributed by atoms with van der Waals surface area (Å²) in [6, 6.07) is 15.7. The first kappa shape index (κ1) is 18.3. The molecule has 0 bridgehead atoms. The Morgan fingerprint density at radius 3 is 2.46 bits per heavy atom. The average Bonchev–Trinajstić information content (AvgIpc) is 3.17. The zero-order valence-corrected chi connectivity index (χ0v) is 15.6. The van der Waals surface area contributed by atoms with Crippen molar-refractivity contribution in [1.29, 1.82) is 0 Å². The summed E-state index contributed by atoms with van der Waals surface area (Å²) in [5.41, 5.74) is 8.89. The third kappa shape index (κ3) is 4.07. The van der Waals surface area contributed by atoms with Crippen molar-refractivity contribution in [3.05, 3.63) is 60.4 Å². The van der Waals surface area contributed by atoms with Crippen LogP contribution in [0.5, 0.6) is 0 Å². The molecule has 0 radical (unpaired) electrons. The quantitative estimate of drug-likeness (QED) is 0.716. The minimum Gasteiger partial charge on any atom is -0.464 e. The molecule has 0 saturated carbocycles. The van der Waals surface area contributed by atoms with Crippen molar-refractivity contribution in [3.63, 3.8) is 0 Å². The zero-order chi connectivity index (χ0) is 19.5. The lowest BCUT2D eigenvalue weighted by Crippen LogP contribution is -2.46. The van der Waals surface area contributed by atoms with Crippen LogP contribution in [0.15, 0.2) is 59.2 Å². The molecule has 4 rings (SSSR count). The van der Waals surface area contributed by atoms with Crippen molar-refractivity contribution in [2.75, 3.05) is 19.6 Å². The number of hydrogen-bond donors (Lipinski definition) is 2. The summed E-state index contributed by atoms with van der Waals surface area (Å²) in [6.45, 7) is 1.82. The summed E-state index contributed by atoms with van der Waals surface area (Å²) in [4.78, 5) is 25.6. The molecule has 144 valence electrons. The van der Waals surface area contributed by atoms with Crippen molar-refractivity contribution in [2.45, 2.75) is 18.9 Å². The number of carbonyl (C=O) groups excluding carboxylic acids is 2. The molecule has 1 aliphatic rings. The first-order valence-electron chi connectivity index (χ1n) is 9.48. The zero-order valence-electron chi connectivity index (χ0n) is 15.6. The van der Waals surface area contributed by atoms with Gasteiger partial charge in [0.25, 0.3) is 5.91 Å². The van der Waals surface area contributed by atoms with Crippen molar-refractivity contribution < 1.29 is 14.0 Å². The minimum absolute atomic E-state index is 0.0646. The van der Waals surface area contributed by atoms with Crippen LogP contribution in [0.4, 0.5) is 0 Å². The van der Waals surface area contributed by atoms with E-state index in [-0.39, 0.29) is 24.4 Å². The van der Waals surface area contributed by atoms with Gasteiger partial charge in [-0.2, -0.15) is 0 Å². The van der Waals surface area contributed by atoms with Gasteiger partial charge in [-0.15, -0.1) is 0 Å². The van der Waals surface area contributed by atoms with Crippen LogP contribution < -0.4 is 11.1 Å². The maximum atomic E-state index is 12.5. The van der Waals surface area contributed by atoms with E-state index in [0.29, 0.717) is 5.56 Å². The second-order valence-corrected chi connectivity index (χ2v) is 7.24. The molecule has 1 saturated heterocycles. The van der Waals surface area contributed by atoms with E-state index in [1.807, 2.05) is 47.4 Å². The maximum absolute atomic E-state index is 12.5. The van der Waals surface area contributed by atoms with Crippen LogP contribution in [0.2, 0.25) is 0 Å². The van der Waals surface area contributed by atoms with Crippen molar-refractivity contribution >= 4 is 22.8 Å². The molecule has 0 atom stereocenters. The number of fused-ring (bicyclic) bond motifs is 1. The Balaban J connectivity index is 1.37. The Morgan fingerprint density at radius 2 is 1.75 bits per heavy atom. The number of hydrogen-bond acceptors (Lipinski definition) is 4. The lowest BCUT2D eigenvalue weighted by molar-refractivity contribution is -0.119. The smallest absolute Gasteiger partial charge is 0.251 e. The van der Waals surface area contributed by atoms with Gasteiger partial charge in [-0.05, 0) is 54.3 Å². The van der Waals surface area contributed by atoms with Gasteiger partial charge in [0.05, 0.1) is 12.8 Å². The second-order valence-electron chi connectivity index (χ2n) is 7.24. The first-order valence-corrected chi connectivity index (χ1v) is 9.48. The third-order valence-electron chi connectivity index (χ3n) is 5.24. The van der Waals surface area contributed by atoms with E-state index < -0.39 is 0 Å². The van der Waals surface area contributed by atoms with Crippen LogP contribution in [-0.4, -0.2) is 42.4 Å². The fourth-order valence-corrected chi connectivity index (χ4v) is 3.68. The van der Waals surface area contributed by atoms with Crippen LogP contribution >= 0.6 is 0 Å². The van der Waals surface area contributed by atoms with E-state index in [2.05, 4.69) is 11.4 Å². The number of benzene rings is 2. The molecule has 1 aliphatic heterocycles. The molecule has 0 spiro atoms. The predicted molar refractivity (Wildman–Crippen MR) is 108 cm³/mol. The number of nitrogens with one attached hydrogen (secondary N) is 1. The highest BCUT2D eigenvalue weighted by molar-refractivity contribution is 5.95. The van der Waals surface area contributed by atoms with Crippen LogP contribution in [-0.2, 0) is 4.79 Å². The fraction of sp³-hybridized carbons (Fsp3) is 0.273. The van der Waals surface area contributed by atoms with E-state index in [4.69, 9.17) is 10.2 Å². The number of nitrogens with zero attached hydrogens (tertiary/aromatic N) is 1. The molecule has 1 fully saturated rings. The molecule has 0 aliphatic carbocycles. The number of furan rings is 1. The standard InChI is InChI=1S/C22H23N3O3/c23-21(26)14-25-10-7-19(8-11-25)24-22(27)16-3-1-15(2-4-16)17-5-6-20-18(13-17)9-12-28-20/h1-6,9,12-13,19H,7-8,10-11,14H2,(H2,23,26)(H,24,27). The van der Waals surface area contributed by atoms with Crippen molar-refractivity contribution in [3.8, 4) is 11.1 Å². The molecule has 2 heterocycles. The predicted octanol–water partition coefficient (Wildman–Crippen LogP) is 2.78. The molecule has 0 unspecified atom stereocenters. The molecule has 2 aromatic carbocycles. The maximum Gasteiger partial charge on any atom is 0.251 e. The summed E-state index contributed by atoms with van der Waals surface area (Å²) < 4.78 is 5.38. The van der Waals surface area contributed by atoms with Gasteiger partial charge in [-0.25, -0.2) is 0 Å². The molecule has 3 N–H and O–H groups in total. The Bertz CT molecular complexity index is 986. The monoisotopic (exact) mass is 377 g/mol. The normalized spacial score (nSPS) is 15.6. The number of amides is 2. The van der Waals surface area contributed by atoms with Gasteiger partial charge in [0.15, 0.2) is 0 Å².